The largest absolute Gasteiger partial charge is 0.393 e. The lowest BCUT2D eigenvalue weighted by Crippen LogP contribution is -2.40. The first kappa shape index (κ1) is 22.1. The number of halogens is 3. The molecule has 7 nitrogen and oxygen atoms in total. The van der Waals surface area contributed by atoms with Crippen molar-refractivity contribution in [3.05, 3.63) is 35.2 Å². The first-order chi connectivity index (χ1) is 15.7. The van der Waals surface area contributed by atoms with Crippen LogP contribution in [0.25, 0.3) is 10.2 Å². The maximum atomic E-state index is 12.8. The number of nitrogens with zero attached hydrogens (tertiary/aromatic N) is 5. The summed E-state index contributed by atoms with van der Waals surface area (Å²) in [6.45, 7) is 1.95. The first-order valence-electron chi connectivity index (χ1n) is 11.0. The minimum absolute atomic E-state index is 0.0757. The molecule has 1 aliphatic carbocycles. The molecule has 1 saturated heterocycles. The van der Waals surface area contributed by atoms with E-state index in [0.717, 1.165) is 66.9 Å². The smallest absolute Gasteiger partial charge is 0.358 e. The normalized spacial score (nSPS) is 22.8. The van der Waals surface area contributed by atoms with Crippen LogP contribution in [-0.4, -0.2) is 52.0 Å². The summed E-state index contributed by atoms with van der Waals surface area (Å²) >= 11 is 1.09. The molecule has 0 unspecified atom stereocenters. The van der Waals surface area contributed by atoms with Crippen LogP contribution in [0, 0.1) is 11.3 Å². The van der Waals surface area contributed by atoms with Gasteiger partial charge in [-0.05, 0) is 48.6 Å². The third-order valence-corrected chi connectivity index (χ3v) is 7.75. The molecule has 1 spiro atoms. The summed E-state index contributed by atoms with van der Waals surface area (Å²) in [6, 6.07) is 1.61. The van der Waals surface area contributed by atoms with Crippen molar-refractivity contribution in [2.45, 2.75) is 44.8 Å². The SMILES string of the molecule is CNC(=O)Cn1cc(CC2CC3(CCN(c4ncnc5sc(CC(F)(F)F)cc45)C3)C2)cn1. The Bertz CT molecular complexity index is 1170. The highest BCUT2D eigenvalue weighted by atomic mass is 32.1. The Kier molecular flexibility index (Phi) is 5.54. The standard InChI is InChI=1S/C22H25F3N6OS/c1-26-18(32)11-31-10-15(9-29-31)4-14-6-21(7-14)2-3-30(12-21)19-17-5-16(8-22(23,24)25)33-20(17)28-13-27-19/h5,9-10,13-14H,2-4,6-8,11-12H2,1H3,(H,26,32). The van der Waals surface area contributed by atoms with Crippen molar-refractivity contribution in [2.75, 3.05) is 25.0 Å². The van der Waals surface area contributed by atoms with Crippen molar-refractivity contribution in [3.63, 3.8) is 0 Å². The van der Waals surface area contributed by atoms with Gasteiger partial charge in [0.05, 0.1) is 18.0 Å². The molecule has 0 radical (unpaired) electrons. The Labute approximate surface area is 193 Å². The minimum atomic E-state index is -4.23. The van der Waals surface area contributed by atoms with Crippen LogP contribution in [0.3, 0.4) is 0 Å². The van der Waals surface area contributed by atoms with Crippen LogP contribution < -0.4 is 10.2 Å². The monoisotopic (exact) mass is 478 g/mol. The van der Waals surface area contributed by atoms with Gasteiger partial charge in [-0.2, -0.15) is 18.3 Å². The summed E-state index contributed by atoms with van der Waals surface area (Å²) in [5.74, 6) is 1.25. The van der Waals surface area contributed by atoms with E-state index in [1.165, 1.54) is 6.33 Å². The van der Waals surface area contributed by atoms with Gasteiger partial charge in [0.2, 0.25) is 5.91 Å². The van der Waals surface area contributed by atoms with E-state index in [1.54, 1.807) is 17.8 Å². The number of carbonyl (C=O) groups is 1. The summed E-state index contributed by atoms with van der Waals surface area (Å²) in [5.41, 5.74) is 1.38. The number of amides is 1. The number of carbonyl (C=O) groups excluding carboxylic acids is 1. The molecule has 1 aliphatic heterocycles. The summed E-state index contributed by atoms with van der Waals surface area (Å²) in [4.78, 5) is 23.2. The number of aromatic nitrogens is 4. The lowest BCUT2D eigenvalue weighted by Gasteiger charge is -2.45. The van der Waals surface area contributed by atoms with E-state index in [9.17, 15) is 18.0 Å². The zero-order chi connectivity index (χ0) is 23.2. The Balaban J connectivity index is 1.21. The van der Waals surface area contributed by atoms with Gasteiger partial charge >= 0.3 is 6.18 Å². The van der Waals surface area contributed by atoms with E-state index in [2.05, 4.69) is 25.3 Å². The molecular weight excluding hydrogens is 453 g/mol. The average molecular weight is 479 g/mol. The van der Waals surface area contributed by atoms with Crippen LogP contribution in [0.2, 0.25) is 0 Å². The van der Waals surface area contributed by atoms with Crippen LogP contribution in [-0.2, 0) is 24.2 Å². The molecule has 4 heterocycles. The highest BCUT2D eigenvalue weighted by Crippen LogP contribution is 2.53. The van der Waals surface area contributed by atoms with Crippen LogP contribution in [0.5, 0.6) is 0 Å². The molecule has 2 fully saturated rings. The molecular formula is C22H25F3N6OS. The number of alkyl halides is 3. The molecule has 1 N–H and O–H groups in total. The quantitative estimate of drug-likeness (QED) is 0.586. The molecule has 2 aliphatic rings. The summed E-state index contributed by atoms with van der Waals surface area (Å²) in [6.07, 6.45) is 4.29. The van der Waals surface area contributed by atoms with E-state index in [1.807, 2.05) is 12.4 Å². The number of hydrogen-bond donors (Lipinski definition) is 1. The van der Waals surface area contributed by atoms with Crippen LogP contribution in [0.1, 0.15) is 29.7 Å². The van der Waals surface area contributed by atoms with E-state index in [-0.39, 0.29) is 22.7 Å². The molecule has 5 rings (SSSR count). The predicted octanol–water partition coefficient (Wildman–Crippen LogP) is 3.59. The lowest BCUT2D eigenvalue weighted by molar-refractivity contribution is -0.126. The highest BCUT2D eigenvalue weighted by molar-refractivity contribution is 7.18. The number of thiophene rings is 1. The van der Waals surface area contributed by atoms with Gasteiger partial charge in [0, 0.05) is 31.2 Å². The van der Waals surface area contributed by atoms with E-state index in [0.29, 0.717) is 10.7 Å². The van der Waals surface area contributed by atoms with Crippen molar-refractivity contribution in [3.8, 4) is 0 Å². The fourth-order valence-corrected chi connectivity index (χ4v) is 6.37. The van der Waals surface area contributed by atoms with Crippen molar-refractivity contribution in [1.82, 2.24) is 25.1 Å². The molecule has 1 saturated carbocycles. The minimum Gasteiger partial charge on any atom is -0.358 e. The molecule has 33 heavy (non-hydrogen) atoms. The maximum Gasteiger partial charge on any atom is 0.393 e. The van der Waals surface area contributed by atoms with Crippen molar-refractivity contribution >= 4 is 33.3 Å². The molecule has 3 aromatic rings. The molecule has 3 aromatic heterocycles. The summed E-state index contributed by atoms with van der Waals surface area (Å²) in [5, 5.41) is 7.59. The van der Waals surface area contributed by atoms with Crippen molar-refractivity contribution in [1.29, 1.82) is 0 Å². The zero-order valence-electron chi connectivity index (χ0n) is 18.2. The predicted molar refractivity (Wildman–Crippen MR) is 119 cm³/mol. The van der Waals surface area contributed by atoms with Crippen LogP contribution in [0.15, 0.2) is 24.8 Å². The number of nitrogens with one attached hydrogen (secondary N) is 1. The maximum absolute atomic E-state index is 12.8. The molecule has 0 atom stereocenters. The Morgan fingerprint density at radius 1 is 1.33 bits per heavy atom. The number of hydrogen-bond acceptors (Lipinski definition) is 6. The van der Waals surface area contributed by atoms with Gasteiger partial charge in [-0.3, -0.25) is 9.48 Å². The van der Waals surface area contributed by atoms with E-state index in [4.69, 9.17) is 0 Å². The van der Waals surface area contributed by atoms with E-state index >= 15 is 0 Å². The van der Waals surface area contributed by atoms with Crippen LogP contribution in [0.4, 0.5) is 19.0 Å². The Morgan fingerprint density at radius 3 is 2.91 bits per heavy atom. The molecule has 176 valence electrons. The summed E-state index contributed by atoms with van der Waals surface area (Å²) < 4.78 is 40.2. The third kappa shape index (κ3) is 4.68. The zero-order valence-corrected chi connectivity index (χ0v) is 19.0. The average Bonchev–Trinajstić information content (AvgIpc) is 3.44. The van der Waals surface area contributed by atoms with Gasteiger partial charge in [0.25, 0.3) is 0 Å². The van der Waals surface area contributed by atoms with Gasteiger partial charge < -0.3 is 10.2 Å². The number of rotatable bonds is 6. The fraction of sp³-hybridized carbons (Fsp3) is 0.545. The highest BCUT2D eigenvalue weighted by Gasteiger charge is 2.48. The van der Waals surface area contributed by atoms with Gasteiger partial charge in [-0.1, -0.05) is 0 Å². The first-order valence-corrected chi connectivity index (χ1v) is 11.8. The second kappa shape index (κ2) is 8.27. The van der Waals surface area contributed by atoms with Crippen LogP contribution >= 0.6 is 11.3 Å². The second-order valence-corrected chi connectivity index (χ2v) is 10.4. The van der Waals surface area contributed by atoms with Crippen molar-refractivity contribution < 1.29 is 18.0 Å². The van der Waals surface area contributed by atoms with Gasteiger partial charge in [-0.25, -0.2) is 9.97 Å². The lowest BCUT2D eigenvalue weighted by atomic mass is 9.60. The van der Waals surface area contributed by atoms with Gasteiger partial charge in [0.1, 0.15) is 23.5 Å². The molecule has 11 heteroatoms. The second-order valence-electron chi connectivity index (χ2n) is 9.29. The van der Waals surface area contributed by atoms with Gasteiger partial charge in [0.15, 0.2) is 0 Å². The number of likely N-dealkylation sites (N-methyl/N-ethyl adjacent to an activating group) is 1. The topological polar surface area (TPSA) is 75.9 Å². The third-order valence-electron chi connectivity index (χ3n) is 6.71. The van der Waals surface area contributed by atoms with Crippen molar-refractivity contribution in [2.24, 2.45) is 11.3 Å². The summed E-state index contributed by atoms with van der Waals surface area (Å²) in [7, 11) is 1.61. The van der Waals surface area contributed by atoms with E-state index < -0.39 is 12.6 Å². The number of anilines is 1. The Hall–Kier alpha value is -2.69. The molecule has 0 aromatic carbocycles. The number of fused-ring (bicyclic) bond motifs is 1. The Morgan fingerprint density at radius 2 is 2.15 bits per heavy atom. The molecule has 0 bridgehead atoms. The van der Waals surface area contributed by atoms with Gasteiger partial charge in [-0.15, -0.1) is 11.3 Å². The fourth-order valence-electron chi connectivity index (χ4n) is 5.35. The molecule has 1 amide bonds.